The summed E-state index contributed by atoms with van der Waals surface area (Å²) in [5.74, 6) is -7.51. The number of thiophene rings is 1. The summed E-state index contributed by atoms with van der Waals surface area (Å²) < 4.78 is 172. The number of ether oxygens (including phenoxy) is 6. The lowest BCUT2D eigenvalue weighted by Gasteiger charge is -2.32. The van der Waals surface area contributed by atoms with Crippen molar-refractivity contribution >= 4 is 74.8 Å². The van der Waals surface area contributed by atoms with Gasteiger partial charge in [0.25, 0.3) is 0 Å². The van der Waals surface area contributed by atoms with E-state index < -0.39 is 71.3 Å². The number of benzene rings is 6. The molecular formula is C81H106F6O18S3. The lowest BCUT2D eigenvalue weighted by molar-refractivity contribution is -0.247. The van der Waals surface area contributed by atoms with E-state index in [2.05, 4.69) is 124 Å². The van der Waals surface area contributed by atoms with Crippen molar-refractivity contribution in [3.8, 4) is 27.9 Å². The molecule has 1 saturated carbocycles. The Morgan fingerprint density at radius 1 is 0.630 bits per heavy atom. The van der Waals surface area contributed by atoms with E-state index in [1.165, 1.54) is 54.6 Å². The minimum absolute atomic E-state index is 0.00347. The normalized spacial score (nSPS) is 15.5. The number of carbonyl (C=O) groups is 4. The molecule has 598 valence electrons. The van der Waals surface area contributed by atoms with Gasteiger partial charge in [-0.1, -0.05) is 123 Å². The van der Waals surface area contributed by atoms with Crippen molar-refractivity contribution in [2.75, 3.05) is 19.8 Å². The molecule has 9 rings (SSSR count). The van der Waals surface area contributed by atoms with Crippen LogP contribution < -0.4 is 13.7 Å². The average Bonchev–Trinajstić information content (AvgIpc) is 1.15. The summed E-state index contributed by atoms with van der Waals surface area (Å²) >= 11 is 0. The van der Waals surface area contributed by atoms with Gasteiger partial charge in [0.2, 0.25) is 6.10 Å². The van der Waals surface area contributed by atoms with E-state index in [0.29, 0.717) is 62.2 Å². The Morgan fingerprint density at radius 3 is 1.54 bits per heavy atom. The number of hydrogen-bond donors (Lipinski definition) is 2. The highest BCUT2D eigenvalue weighted by atomic mass is 32.2. The number of phenolic OH excluding ortho intramolecular Hbond substituents is 1. The van der Waals surface area contributed by atoms with Gasteiger partial charge in [-0.3, -0.25) is 14.4 Å². The molecule has 0 radical (unpaired) electrons. The summed E-state index contributed by atoms with van der Waals surface area (Å²) in [5, 5.41) is 6.98. The van der Waals surface area contributed by atoms with Gasteiger partial charge in [-0.15, -0.1) is 0 Å². The SMILES string of the molecule is CCC(C)(C)C(=O)OC1CCOC1=O.CCC(C)(C)C(=O)Oc1ccc(OS(=O)(=O)C(F)(F)C(F)(F)C(F)(F)S(=O)(=O)[O-])cc1.CCC(C)C(=O)OC1(CC)CCCC1.CCC(C)c1ccc(O)cc1.CCOC(C)Oc1ccc(C(C)CC)cc1.OCCc1ccc(-[s+]2c3ccccc3c3ccccc32)cc1. The van der Waals surface area contributed by atoms with Crippen molar-refractivity contribution in [1.29, 1.82) is 0 Å². The predicted octanol–water partition coefficient (Wildman–Crippen LogP) is 19.8. The van der Waals surface area contributed by atoms with Crippen LogP contribution in [0.15, 0.2) is 146 Å². The highest BCUT2D eigenvalue weighted by molar-refractivity contribution is 7.88. The first-order chi connectivity index (χ1) is 50.5. The second kappa shape index (κ2) is 41.3. The average molecular weight is 1580 g/mol. The molecule has 2 aliphatic rings. The number of cyclic esters (lactones) is 1. The van der Waals surface area contributed by atoms with E-state index >= 15 is 0 Å². The Balaban J connectivity index is 0.000000284. The van der Waals surface area contributed by atoms with Crippen LogP contribution >= 0.6 is 10.5 Å². The third-order valence-electron chi connectivity index (χ3n) is 19.0. The standard InChI is InChI=1S/C20H17OS.C15H16F6O8S2.C14H22O2.C12H22O2.C10H16O4.C10H14O/c21-14-13-15-9-11-16(12-10-15)22-19-7-3-1-5-17(19)18-6-2-4-8-20(18)22;1-4-12(2,3)11(22)28-9-5-7-10(8-6-9)29-31(26,27)15(20,21)13(16,17)14(18,19)30(23,24)25;1-5-11(3)13-7-9-14(10-8-13)16-12(4)15-6-2;1-4-10(3)11(13)14-12(5-2)8-6-7-9-12;1-4-10(2,3)9(12)14-7-5-6-13-8(7)11;1-3-8(2)9-4-6-10(11)7-5-9/h1-12,21H,13-14H2;5-8H,4H2,1-3H3,(H,23,24,25);7-12H,5-6H2,1-4H3;10H,4-9H2,1-3H3;7H,4-6H2,1-3H3;4-8,11H,3H2,1-2H3/q+1;;;;;/p-1. The van der Waals surface area contributed by atoms with Gasteiger partial charge in [0.1, 0.15) is 28.6 Å². The van der Waals surface area contributed by atoms with Crippen LogP contribution in [0.3, 0.4) is 0 Å². The fourth-order valence-corrected chi connectivity index (χ4v) is 14.1. The smallest absolute Gasteiger partial charge is 0.450 e. The van der Waals surface area contributed by atoms with E-state index in [1.54, 1.807) is 46.8 Å². The number of phenols is 1. The first-order valence-electron chi connectivity index (χ1n) is 36.3. The number of rotatable bonds is 27. The number of carbonyl (C=O) groups excluding carboxylic acids is 4. The molecule has 1 saturated heterocycles. The molecule has 1 aromatic heterocycles. The molecule has 2 fully saturated rings. The van der Waals surface area contributed by atoms with Gasteiger partial charge < -0.3 is 47.4 Å². The van der Waals surface area contributed by atoms with Gasteiger partial charge in [-0.25, -0.2) is 13.2 Å². The third-order valence-corrected chi connectivity index (χ3v) is 23.5. The second-order valence-corrected chi connectivity index (χ2v) is 32.6. The fraction of sp³-hybridized carbons (Fsp3) is 0.506. The van der Waals surface area contributed by atoms with Gasteiger partial charge in [-0.05, 0) is 226 Å². The van der Waals surface area contributed by atoms with Crippen molar-refractivity contribution in [1.82, 2.24) is 0 Å². The number of aliphatic hydroxyl groups excluding tert-OH is 1. The molecule has 7 aromatic rings. The summed E-state index contributed by atoms with van der Waals surface area (Å²) in [4.78, 5) is 47.5. The van der Waals surface area contributed by atoms with Crippen LogP contribution in [-0.2, 0) is 64.8 Å². The first-order valence-corrected chi connectivity index (χ1v) is 40.3. The largest absolute Gasteiger partial charge is 0.743 e. The molecule has 0 amide bonds. The second-order valence-electron chi connectivity index (χ2n) is 27.6. The van der Waals surface area contributed by atoms with E-state index in [1.807, 2.05) is 58.9 Å². The van der Waals surface area contributed by atoms with Crippen molar-refractivity contribution in [2.24, 2.45) is 16.7 Å². The quantitative estimate of drug-likeness (QED) is 0.00708. The third kappa shape index (κ3) is 25.1. The molecule has 27 heteroatoms. The molecule has 5 unspecified atom stereocenters. The molecule has 6 aromatic carbocycles. The van der Waals surface area contributed by atoms with Gasteiger partial charge in [0.15, 0.2) is 30.7 Å². The number of alkyl halides is 6. The van der Waals surface area contributed by atoms with Crippen molar-refractivity contribution in [3.05, 3.63) is 162 Å². The number of esters is 4. The van der Waals surface area contributed by atoms with E-state index in [9.17, 15) is 66.9 Å². The molecule has 0 spiro atoms. The van der Waals surface area contributed by atoms with Crippen LogP contribution in [-0.4, -0.2) is 110 Å². The molecule has 2 N–H and O–H groups in total. The fourth-order valence-electron chi connectivity index (χ4n) is 10.3. The molecule has 18 nitrogen and oxygen atoms in total. The van der Waals surface area contributed by atoms with Crippen LogP contribution in [0, 0.1) is 16.7 Å². The molecule has 5 atom stereocenters. The summed E-state index contributed by atoms with van der Waals surface area (Å²) in [5.41, 5.74) is 2.29. The minimum atomic E-state index is -7.39. The van der Waals surface area contributed by atoms with E-state index in [0.717, 1.165) is 62.8 Å². The number of fused-ring (bicyclic) bond motifs is 3. The molecule has 1 aliphatic carbocycles. The Kier molecular flexibility index (Phi) is 35.4. The minimum Gasteiger partial charge on any atom is -0.743 e. The summed E-state index contributed by atoms with van der Waals surface area (Å²) in [7, 11) is -14.4. The van der Waals surface area contributed by atoms with Gasteiger partial charge in [-0.2, -0.15) is 34.8 Å². The monoisotopic (exact) mass is 1580 g/mol. The lowest BCUT2D eigenvalue weighted by atomic mass is 9.90. The summed E-state index contributed by atoms with van der Waals surface area (Å²) in [6.07, 6.45) is 10.1. The van der Waals surface area contributed by atoms with Crippen molar-refractivity contribution < 1.29 is 110 Å². The number of halogens is 6. The first kappa shape index (κ1) is 92.6. The maximum Gasteiger partial charge on any atom is 0.450 e. The number of aliphatic hydroxyl groups is 1. The summed E-state index contributed by atoms with van der Waals surface area (Å²) in [6.45, 7) is 30.3. The van der Waals surface area contributed by atoms with E-state index in [-0.39, 0.29) is 52.6 Å². The van der Waals surface area contributed by atoms with Crippen molar-refractivity contribution in [2.45, 2.75) is 227 Å². The van der Waals surface area contributed by atoms with Crippen LogP contribution in [0.5, 0.6) is 23.0 Å². The van der Waals surface area contributed by atoms with Crippen LogP contribution in [0.2, 0.25) is 0 Å². The molecule has 2 heterocycles. The zero-order chi connectivity index (χ0) is 81.2. The van der Waals surface area contributed by atoms with Crippen molar-refractivity contribution in [3.63, 3.8) is 0 Å². The highest BCUT2D eigenvalue weighted by Crippen LogP contribution is 2.52. The Morgan fingerprint density at radius 2 is 1.10 bits per heavy atom. The lowest BCUT2D eigenvalue weighted by Crippen LogP contribution is -2.61. The Hall–Kier alpha value is -7.82. The van der Waals surface area contributed by atoms with Gasteiger partial charge >= 0.3 is 50.4 Å². The van der Waals surface area contributed by atoms with Gasteiger partial charge in [0, 0.05) is 40.9 Å². The zero-order valence-electron chi connectivity index (χ0n) is 64.3. The predicted molar refractivity (Wildman–Crippen MR) is 407 cm³/mol. The number of aromatic hydroxyl groups is 1. The maximum absolute atomic E-state index is 13.7. The summed E-state index contributed by atoms with van der Waals surface area (Å²) in [6, 6.07) is 44.6. The van der Waals surface area contributed by atoms with Crippen LogP contribution in [0.25, 0.3) is 25.1 Å². The zero-order valence-corrected chi connectivity index (χ0v) is 66.7. The van der Waals surface area contributed by atoms with Crippen LogP contribution in [0.1, 0.15) is 203 Å². The van der Waals surface area contributed by atoms with E-state index in [4.69, 9.17) is 38.6 Å². The number of hydrogen-bond acceptors (Lipinski definition) is 18. The topological polar surface area (TPSA) is 265 Å². The van der Waals surface area contributed by atoms with Crippen LogP contribution in [0.4, 0.5) is 26.3 Å². The molecule has 0 bridgehead atoms. The molecule has 1 aliphatic heterocycles. The van der Waals surface area contributed by atoms with Gasteiger partial charge in [0.05, 0.1) is 23.4 Å². The Labute approximate surface area is 635 Å². The Bertz CT molecular complexity index is 4150. The molecule has 108 heavy (non-hydrogen) atoms. The highest BCUT2D eigenvalue weighted by Gasteiger charge is 2.81. The maximum atomic E-state index is 13.7. The molecular weight excluding hydrogens is 1470 g/mol.